The molecule has 0 aromatic rings. The zero-order valence-electron chi connectivity index (χ0n) is 15.9. The van der Waals surface area contributed by atoms with Crippen molar-refractivity contribution >= 4 is 11.8 Å². The molecule has 5 heteroatoms. The van der Waals surface area contributed by atoms with Crippen LogP contribution in [0.5, 0.6) is 0 Å². The van der Waals surface area contributed by atoms with Gasteiger partial charge in [0.1, 0.15) is 0 Å². The molecule has 0 unspecified atom stereocenters. The molecule has 5 aliphatic rings. The van der Waals surface area contributed by atoms with Gasteiger partial charge in [0.15, 0.2) is 6.54 Å². The number of nitrogens with one attached hydrogen (secondary N) is 2. The van der Waals surface area contributed by atoms with Gasteiger partial charge in [-0.25, -0.2) is 0 Å². The maximum Gasteiger partial charge on any atom is 0.275 e. The first kappa shape index (κ1) is 17.3. The van der Waals surface area contributed by atoms with Gasteiger partial charge in [-0.15, -0.1) is 0 Å². The lowest BCUT2D eigenvalue weighted by Crippen LogP contribution is -3.15. The molecule has 0 spiro atoms. The fourth-order valence-corrected chi connectivity index (χ4v) is 6.70. The van der Waals surface area contributed by atoms with Gasteiger partial charge in [-0.05, 0) is 68.6 Å². The van der Waals surface area contributed by atoms with Crippen LogP contribution in [-0.4, -0.2) is 55.5 Å². The van der Waals surface area contributed by atoms with Gasteiger partial charge < -0.3 is 15.1 Å². The predicted molar refractivity (Wildman–Crippen MR) is 96.0 cm³/mol. The van der Waals surface area contributed by atoms with Gasteiger partial charge in [0.25, 0.3) is 5.91 Å². The molecule has 1 saturated heterocycles. The number of nitrogens with zero attached hydrogens (tertiary/aromatic N) is 1. The van der Waals surface area contributed by atoms with E-state index >= 15 is 0 Å². The quantitative estimate of drug-likeness (QED) is 0.775. The maximum atomic E-state index is 12.6. The lowest BCUT2D eigenvalue weighted by atomic mass is 9.48. The van der Waals surface area contributed by atoms with Crippen molar-refractivity contribution in [1.82, 2.24) is 10.2 Å². The first-order valence-corrected chi connectivity index (χ1v) is 10.3. The third kappa shape index (κ3) is 3.44. The standard InChI is InChI=1S/C20H33N3O2/c1-14(20-10-16-7-17(11-20)9-18(8-16)12-20)21-19(25)13-22-3-5-23(6-4-22)15(2)24/h14,16-18H,3-13H2,1-2H3,(H,21,25)/p+1/t14-,16?,17?,18?,20?/m1/s1. The summed E-state index contributed by atoms with van der Waals surface area (Å²) in [6.45, 7) is 7.78. The molecule has 25 heavy (non-hydrogen) atoms. The second-order valence-corrected chi connectivity index (χ2v) is 9.50. The third-order valence-electron chi connectivity index (χ3n) is 7.71. The van der Waals surface area contributed by atoms with Crippen LogP contribution in [-0.2, 0) is 9.59 Å². The molecule has 1 atom stereocenters. The molecule has 0 radical (unpaired) electrons. The molecule has 5 fully saturated rings. The smallest absolute Gasteiger partial charge is 0.275 e. The van der Waals surface area contributed by atoms with E-state index in [0.717, 1.165) is 43.9 Å². The normalized spacial score (nSPS) is 38.6. The van der Waals surface area contributed by atoms with E-state index in [-0.39, 0.29) is 11.8 Å². The topological polar surface area (TPSA) is 53.9 Å². The zero-order valence-corrected chi connectivity index (χ0v) is 15.9. The summed E-state index contributed by atoms with van der Waals surface area (Å²) in [4.78, 5) is 27.2. The van der Waals surface area contributed by atoms with E-state index in [0.29, 0.717) is 18.0 Å². The van der Waals surface area contributed by atoms with Crippen LogP contribution in [0.25, 0.3) is 0 Å². The Hall–Kier alpha value is -1.10. The highest BCUT2D eigenvalue weighted by Crippen LogP contribution is 2.61. The second-order valence-electron chi connectivity index (χ2n) is 9.50. The Morgan fingerprint density at radius 2 is 1.60 bits per heavy atom. The molecular weight excluding hydrogens is 314 g/mol. The molecule has 1 aliphatic heterocycles. The number of rotatable bonds is 4. The van der Waals surface area contributed by atoms with Crippen LogP contribution in [0.2, 0.25) is 0 Å². The summed E-state index contributed by atoms with van der Waals surface area (Å²) in [5.41, 5.74) is 0.382. The highest BCUT2D eigenvalue weighted by molar-refractivity contribution is 5.77. The first-order valence-electron chi connectivity index (χ1n) is 10.3. The Labute approximate surface area is 151 Å². The van der Waals surface area contributed by atoms with Crippen LogP contribution < -0.4 is 10.2 Å². The van der Waals surface area contributed by atoms with Gasteiger partial charge in [-0.1, -0.05) is 0 Å². The number of hydrogen-bond acceptors (Lipinski definition) is 2. The number of carbonyl (C=O) groups excluding carboxylic acids is 2. The summed E-state index contributed by atoms with van der Waals surface area (Å²) >= 11 is 0. The van der Waals surface area contributed by atoms with Gasteiger partial charge in [0.05, 0.1) is 26.2 Å². The van der Waals surface area contributed by atoms with Crippen molar-refractivity contribution in [2.45, 2.75) is 58.4 Å². The molecular formula is C20H34N3O2+. The highest BCUT2D eigenvalue weighted by Gasteiger charge is 2.53. The Morgan fingerprint density at radius 1 is 1.08 bits per heavy atom. The number of carbonyl (C=O) groups is 2. The van der Waals surface area contributed by atoms with E-state index in [4.69, 9.17) is 0 Å². The summed E-state index contributed by atoms with van der Waals surface area (Å²) in [7, 11) is 0. The molecule has 2 N–H and O–H groups in total. The maximum absolute atomic E-state index is 12.6. The van der Waals surface area contributed by atoms with Crippen molar-refractivity contribution in [2.24, 2.45) is 23.2 Å². The average Bonchev–Trinajstić information content (AvgIpc) is 2.54. The van der Waals surface area contributed by atoms with Crippen molar-refractivity contribution < 1.29 is 14.5 Å². The van der Waals surface area contributed by atoms with Gasteiger partial charge in [-0.2, -0.15) is 0 Å². The van der Waals surface area contributed by atoms with Gasteiger partial charge in [-0.3, -0.25) is 9.59 Å². The molecule has 4 aliphatic carbocycles. The second kappa shape index (κ2) is 6.57. The summed E-state index contributed by atoms with van der Waals surface area (Å²) in [5, 5.41) is 3.38. The summed E-state index contributed by atoms with van der Waals surface area (Å²) in [5.74, 6) is 3.14. The van der Waals surface area contributed by atoms with E-state index in [1.54, 1.807) is 6.92 Å². The Bertz CT molecular complexity index is 504. The van der Waals surface area contributed by atoms with Crippen LogP contribution in [0.1, 0.15) is 52.4 Å². The Kier molecular flexibility index (Phi) is 4.55. The minimum atomic E-state index is 0.152. The minimum Gasteiger partial charge on any atom is -0.348 e. The Balaban J connectivity index is 1.29. The number of amides is 2. The van der Waals surface area contributed by atoms with Crippen molar-refractivity contribution in [3.63, 3.8) is 0 Å². The lowest BCUT2D eigenvalue weighted by Gasteiger charge is -2.59. The Morgan fingerprint density at radius 3 is 2.08 bits per heavy atom. The average molecular weight is 349 g/mol. The molecule has 4 bridgehead atoms. The lowest BCUT2D eigenvalue weighted by molar-refractivity contribution is -0.896. The van der Waals surface area contributed by atoms with Crippen LogP contribution in [0.15, 0.2) is 0 Å². The first-order chi connectivity index (χ1) is 11.9. The molecule has 4 saturated carbocycles. The molecule has 2 amide bonds. The molecule has 140 valence electrons. The molecule has 0 aromatic carbocycles. The van der Waals surface area contributed by atoms with E-state index in [1.165, 1.54) is 43.4 Å². The van der Waals surface area contributed by atoms with Crippen LogP contribution in [0, 0.1) is 23.2 Å². The van der Waals surface area contributed by atoms with Crippen molar-refractivity contribution in [1.29, 1.82) is 0 Å². The fraction of sp³-hybridized carbons (Fsp3) is 0.900. The number of quaternary nitrogens is 1. The van der Waals surface area contributed by atoms with E-state index in [2.05, 4.69) is 12.2 Å². The molecule has 1 heterocycles. The number of hydrogen-bond donors (Lipinski definition) is 2. The minimum absolute atomic E-state index is 0.152. The van der Waals surface area contributed by atoms with Crippen LogP contribution in [0.3, 0.4) is 0 Å². The highest BCUT2D eigenvalue weighted by atomic mass is 16.2. The fourth-order valence-electron chi connectivity index (χ4n) is 6.70. The van der Waals surface area contributed by atoms with E-state index in [9.17, 15) is 9.59 Å². The van der Waals surface area contributed by atoms with Crippen LogP contribution in [0.4, 0.5) is 0 Å². The van der Waals surface area contributed by atoms with Gasteiger partial charge >= 0.3 is 0 Å². The predicted octanol–water partition coefficient (Wildman–Crippen LogP) is 0.455. The molecule has 0 aromatic heterocycles. The van der Waals surface area contributed by atoms with E-state index in [1.807, 2.05) is 4.90 Å². The van der Waals surface area contributed by atoms with Crippen molar-refractivity contribution in [2.75, 3.05) is 32.7 Å². The summed E-state index contributed by atoms with van der Waals surface area (Å²) in [6, 6.07) is 0.311. The molecule has 5 rings (SSSR count). The monoisotopic (exact) mass is 348 g/mol. The summed E-state index contributed by atoms with van der Waals surface area (Å²) < 4.78 is 0. The summed E-state index contributed by atoms with van der Waals surface area (Å²) in [6.07, 6.45) is 8.36. The largest absolute Gasteiger partial charge is 0.348 e. The van der Waals surface area contributed by atoms with Crippen molar-refractivity contribution in [3.8, 4) is 0 Å². The van der Waals surface area contributed by atoms with Crippen molar-refractivity contribution in [3.05, 3.63) is 0 Å². The molecule has 5 nitrogen and oxygen atoms in total. The van der Waals surface area contributed by atoms with Gasteiger partial charge in [0, 0.05) is 13.0 Å². The van der Waals surface area contributed by atoms with Gasteiger partial charge in [0.2, 0.25) is 5.91 Å². The third-order valence-corrected chi connectivity index (χ3v) is 7.71. The zero-order chi connectivity index (χ0) is 17.6. The van der Waals surface area contributed by atoms with E-state index < -0.39 is 0 Å². The SMILES string of the molecule is CC(=O)N1CC[NH+](CC(=O)N[C@H](C)C23CC4CC(CC(C4)C2)C3)CC1. The number of piperazine rings is 1. The van der Waals surface area contributed by atoms with Crippen LogP contribution >= 0.6 is 0 Å².